The minimum Gasteiger partial charge on any atom is -0.456 e. The van der Waals surface area contributed by atoms with Crippen molar-refractivity contribution < 1.29 is 8.83 Å². The van der Waals surface area contributed by atoms with Crippen LogP contribution in [0.4, 0.5) is 0 Å². The Hall–Kier alpha value is -8.41. The van der Waals surface area contributed by atoms with Gasteiger partial charge in [0.15, 0.2) is 17.5 Å². The Morgan fingerprint density at radius 3 is 1.06 bits per heavy atom. The highest BCUT2D eigenvalue weighted by atomic mass is 16.3. The summed E-state index contributed by atoms with van der Waals surface area (Å²) in [5.74, 6) is 1.70. The van der Waals surface area contributed by atoms with E-state index in [0.29, 0.717) is 17.5 Å². The molecule has 5 heteroatoms. The van der Waals surface area contributed by atoms with E-state index in [1.807, 2.05) is 66.7 Å². The van der Waals surface area contributed by atoms with Gasteiger partial charge in [-0.3, -0.25) is 0 Å². The SMILES string of the molecule is c1ccc(-c2cccc(-c3cccc(-c4ccc5oc6cccc(-c7nc(-c8ccccc8)nc(-c8cccc9oc%10ccc(-c%11ccccc%11)cc%10c89)n7)c6c5c4)c3)c2)cc1. The van der Waals surface area contributed by atoms with Gasteiger partial charge in [-0.2, -0.15) is 0 Å². The zero-order valence-corrected chi connectivity index (χ0v) is 33.4. The van der Waals surface area contributed by atoms with E-state index in [4.69, 9.17) is 23.8 Å². The number of hydrogen-bond donors (Lipinski definition) is 0. The van der Waals surface area contributed by atoms with E-state index in [9.17, 15) is 0 Å². The lowest BCUT2D eigenvalue weighted by atomic mass is 9.95. The summed E-state index contributed by atoms with van der Waals surface area (Å²) in [5.41, 5.74) is 14.9. The molecule has 0 aliphatic heterocycles. The molecule has 12 rings (SSSR count). The van der Waals surface area contributed by atoms with Crippen molar-refractivity contribution in [3.8, 4) is 78.7 Å². The first-order valence-corrected chi connectivity index (χ1v) is 20.7. The van der Waals surface area contributed by atoms with Crippen LogP contribution in [0, 0.1) is 0 Å². The average Bonchev–Trinajstić information content (AvgIpc) is 3.93. The van der Waals surface area contributed by atoms with Gasteiger partial charge in [0.2, 0.25) is 0 Å². The van der Waals surface area contributed by atoms with Crippen LogP contribution >= 0.6 is 0 Å². The Morgan fingerprint density at radius 2 is 0.597 bits per heavy atom. The predicted octanol–water partition coefficient (Wildman–Crippen LogP) is 15.3. The van der Waals surface area contributed by atoms with Crippen molar-refractivity contribution in [2.24, 2.45) is 0 Å². The van der Waals surface area contributed by atoms with Gasteiger partial charge in [-0.25, -0.2) is 15.0 Å². The van der Waals surface area contributed by atoms with Crippen LogP contribution in [0.2, 0.25) is 0 Å². The number of furan rings is 2. The van der Waals surface area contributed by atoms with Crippen LogP contribution in [-0.2, 0) is 0 Å². The Balaban J connectivity index is 1.01. The first-order valence-electron chi connectivity index (χ1n) is 20.7. The van der Waals surface area contributed by atoms with E-state index in [1.54, 1.807) is 0 Å². The lowest BCUT2D eigenvalue weighted by molar-refractivity contribution is 0.668. The highest BCUT2D eigenvalue weighted by molar-refractivity contribution is 6.14. The van der Waals surface area contributed by atoms with Gasteiger partial charge in [0.05, 0.1) is 0 Å². The maximum absolute atomic E-state index is 6.54. The van der Waals surface area contributed by atoms with Crippen molar-refractivity contribution in [3.05, 3.63) is 212 Å². The fourth-order valence-corrected chi connectivity index (χ4v) is 8.74. The summed E-state index contributed by atoms with van der Waals surface area (Å²) in [6.45, 7) is 0. The molecule has 290 valence electrons. The van der Waals surface area contributed by atoms with E-state index in [-0.39, 0.29) is 0 Å². The Bertz CT molecular complexity index is 3630. The molecule has 0 fully saturated rings. The standard InChI is InChI=1S/C57H35N3O2/c1-4-14-36(15-5-1)39-20-10-21-40(32-39)41-22-11-23-42(33-41)44-29-31-50-48(35-44)54-46(25-13-27-52(54)62-50)57-59-55(38-18-8-3-9-19-38)58-56(60-57)45-24-12-26-51-53(45)47-34-43(28-30-49(47)61-51)37-16-6-2-7-17-37/h1-35H. The van der Waals surface area contributed by atoms with Gasteiger partial charge < -0.3 is 8.83 Å². The molecule has 0 amide bonds. The van der Waals surface area contributed by atoms with Crippen molar-refractivity contribution in [3.63, 3.8) is 0 Å². The van der Waals surface area contributed by atoms with Gasteiger partial charge >= 0.3 is 0 Å². The maximum Gasteiger partial charge on any atom is 0.164 e. The molecule has 0 saturated heterocycles. The molecule has 0 spiro atoms. The summed E-state index contributed by atoms with van der Waals surface area (Å²) in [7, 11) is 0. The summed E-state index contributed by atoms with van der Waals surface area (Å²) in [4.78, 5) is 15.7. The summed E-state index contributed by atoms with van der Waals surface area (Å²) < 4.78 is 13.0. The lowest BCUT2D eigenvalue weighted by Gasteiger charge is -2.10. The van der Waals surface area contributed by atoms with Gasteiger partial charge in [0.25, 0.3) is 0 Å². The largest absolute Gasteiger partial charge is 0.456 e. The summed E-state index contributed by atoms with van der Waals surface area (Å²) in [5, 5.41) is 3.90. The number of aromatic nitrogens is 3. The van der Waals surface area contributed by atoms with Gasteiger partial charge in [0, 0.05) is 38.2 Å². The van der Waals surface area contributed by atoms with Crippen LogP contribution in [0.25, 0.3) is 123 Å². The molecule has 3 aromatic heterocycles. The quantitative estimate of drug-likeness (QED) is 0.161. The smallest absolute Gasteiger partial charge is 0.164 e. The first-order chi connectivity index (χ1) is 30.7. The Kier molecular flexibility index (Phi) is 8.42. The molecular formula is C57H35N3O2. The zero-order valence-electron chi connectivity index (χ0n) is 33.4. The molecule has 0 aliphatic rings. The number of benzene rings is 9. The summed E-state index contributed by atoms with van der Waals surface area (Å²) >= 11 is 0. The van der Waals surface area contributed by atoms with Crippen molar-refractivity contribution in [1.29, 1.82) is 0 Å². The third-order valence-electron chi connectivity index (χ3n) is 11.7. The van der Waals surface area contributed by atoms with Crippen molar-refractivity contribution in [2.75, 3.05) is 0 Å². The minimum atomic E-state index is 0.558. The molecular weight excluding hydrogens is 759 g/mol. The molecule has 0 N–H and O–H groups in total. The van der Waals surface area contributed by atoms with Crippen LogP contribution in [0.15, 0.2) is 221 Å². The molecule has 0 atom stereocenters. The molecule has 0 radical (unpaired) electrons. The van der Waals surface area contributed by atoms with E-state index >= 15 is 0 Å². The highest BCUT2D eigenvalue weighted by Crippen LogP contribution is 2.41. The molecule has 62 heavy (non-hydrogen) atoms. The average molecular weight is 794 g/mol. The van der Waals surface area contributed by atoms with E-state index in [2.05, 4.69) is 146 Å². The molecule has 0 saturated carbocycles. The molecule has 0 aliphatic carbocycles. The van der Waals surface area contributed by atoms with Gasteiger partial charge in [-0.15, -0.1) is 0 Å². The van der Waals surface area contributed by atoms with Crippen molar-refractivity contribution in [1.82, 2.24) is 15.0 Å². The monoisotopic (exact) mass is 793 g/mol. The number of fused-ring (bicyclic) bond motifs is 6. The van der Waals surface area contributed by atoms with Gasteiger partial charge in [-0.05, 0) is 93.0 Å². The molecule has 0 unspecified atom stereocenters. The molecule has 0 bridgehead atoms. The van der Waals surface area contributed by atoms with Crippen LogP contribution in [-0.4, -0.2) is 15.0 Å². The number of nitrogens with zero attached hydrogens (tertiary/aromatic N) is 3. The zero-order chi connectivity index (χ0) is 41.0. The number of rotatable bonds is 7. The Morgan fingerprint density at radius 1 is 0.242 bits per heavy atom. The summed E-state index contributed by atoms with van der Waals surface area (Å²) in [6, 6.07) is 73.5. The minimum absolute atomic E-state index is 0.558. The van der Waals surface area contributed by atoms with Crippen LogP contribution in [0.5, 0.6) is 0 Å². The topological polar surface area (TPSA) is 65.0 Å². The van der Waals surface area contributed by atoms with Crippen molar-refractivity contribution in [2.45, 2.75) is 0 Å². The maximum atomic E-state index is 6.54. The first kappa shape index (κ1) is 35.5. The second kappa shape index (κ2) is 14.7. The van der Waals surface area contributed by atoms with E-state index in [0.717, 1.165) is 88.4 Å². The van der Waals surface area contributed by atoms with Crippen LogP contribution in [0.3, 0.4) is 0 Å². The highest BCUT2D eigenvalue weighted by Gasteiger charge is 2.21. The molecule has 5 nitrogen and oxygen atoms in total. The second-order valence-electron chi connectivity index (χ2n) is 15.5. The summed E-state index contributed by atoms with van der Waals surface area (Å²) in [6.07, 6.45) is 0. The second-order valence-corrected chi connectivity index (χ2v) is 15.5. The van der Waals surface area contributed by atoms with E-state index in [1.165, 1.54) is 16.7 Å². The normalized spacial score (nSPS) is 11.5. The third kappa shape index (κ3) is 6.23. The molecule has 9 aromatic carbocycles. The molecule has 12 aromatic rings. The third-order valence-corrected chi connectivity index (χ3v) is 11.7. The van der Waals surface area contributed by atoms with Crippen LogP contribution < -0.4 is 0 Å². The molecule has 3 heterocycles. The van der Waals surface area contributed by atoms with Gasteiger partial charge in [0.1, 0.15) is 22.3 Å². The number of hydrogen-bond acceptors (Lipinski definition) is 5. The predicted molar refractivity (Wildman–Crippen MR) is 252 cm³/mol. The lowest BCUT2D eigenvalue weighted by Crippen LogP contribution is -2.00. The Labute approximate surface area is 357 Å². The fourth-order valence-electron chi connectivity index (χ4n) is 8.74. The van der Waals surface area contributed by atoms with Crippen molar-refractivity contribution >= 4 is 43.9 Å². The van der Waals surface area contributed by atoms with E-state index < -0.39 is 0 Å². The fraction of sp³-hybridized carbons (Fsp3) is 0. The van der Waals surface area contributed by atoms with Gasteiger partial charge in [-0.1, -0.05) is 164 Å². The van der Waals surface area contributed by atoms with Crippen LogP contribution in [0.1, 0.15) is 0 Å².